The number of rotatable bonds is 6. The number of para-hydroxylation sites is 1. The van der Waals surface area contributed by atoms with Crippen LogP contribution < -0.4 is 15.0 Å². The minimum Gasteiger partial charge on any atom is -0.423 e. The van der Waals surface area contributed by atoms with Gasteiger partial charge in [-0.2, -0.15) is 0 Å². The number of carbonyl (C=O) groups is 3. The number of hydrogen-bond acceptors (Lipinski definition) is 5. The van der Waals surface area contributed by atoms with Crippen molar-refractivity contribution in [3.63, 3.8) is 0 Å². The molecule has 3 aromatic carbocycles. The Labute approximate surface area is 196 Å². The fourth-order valence-corrected chi connectivity index (χ4v) is 3.65. The third-order valence-corrected chi connectivity index (χ3v) is 5.67. The molecule has 0 fully saturated rings. The van der Waals surface area contributed by atoms with E-state index < -0.39 is 17.8 Å². The van der Waals surface area contributed by atoms with Crippen LogP contribution in [0.15, 0.2) is 83.5 Å². The second kappa shape index (κ2) is 9.30. The number of halogens is 1. The smallest absolute Gasteiger partial charge is 0.343 e. The van der Waals surface area contributed by atoms with E-state index in [0.717, 1.165) is 22.4 Å². The first-order valence-electron chi connectivity index (χ1n) is 10.4. The zero-order valence-electron chi connectivity index (χ0n) is 18.1. The quantitative estimate of drug-likeness (QED) is 0.310. The van der Waals surface area contributed by atoms with Gasteiger partial charge in [-0.25, -0.2) is 9.69 Å². The molecule has 1 aliphatic rings. The number of hydrogen-bond donors (Lipinski definition) is 1. The number of anilines is 2. The summed E-state index contributed by atoms with van der Waals surface area (Å²) in [4.78, 5) is 39.0. The molecule has 0 aliphatic carbocycles. The molecular weight excluding hydrogens is 440 g/mol. The van der Waals surface area contributed by atoms with Crippen LogP contribution in [0.5, 0.6) is 5.75 Å². The van der Waals surface area contributed by atoms with Gasteiger partial charge in [-0.1, -0.05) is 48.9 Å². The Morgan fingerprint density at radius 3 is 2.24 bits per heavy atom. The zero-order valence-corrected chi connectivity index (χ0v) is 18.8. The maximum absolute atomic E-state index is 12.9. The van der Waals surface area contributed by atoms with Crippen LogP contribution in [-0.4, -0.2) is 17.8 Å². The Balaban J connectivity index is 1.47. The molecule has 1 aliphatic heterocycles. The van der Waals surface area contributed by atoms with Crippen LogP contribution in [0.3, 0.4) is 0 Å². The topological polar surface area (TPSA) is 75.7 Å². The maximum Gasteiger partial charge on any atom is 0.343 e. The van der Waals surface area contributed by atoms with E-state index in [2.05, 4.69) is 12.2 Å². The van der Waals surface area contributed by atoms with Gasteiger partial charge in [0.2, 0.25) is 0 Å². The van der Waals surface area contributed by atoms with Crippen LogP contribution in [0.4, 0.5) is 11.4 Å². The molecule has 7 heteroatoms. The summed E-state index contributed by atoms with van der Waals surface area (Å²) >= 11 is 6.19. The van der Waals surface area contributed by atoms with Gasteiger partial charge in [-0.15, -0.1) is 0 Å². The number of carbonyl (C=O) groups excluding carboxylic acids is 3. The highest BCUT2D eigenvalue weighted by atomic mass is 35.5. The standard InChI is InChI=1S/C26H21ClN2O4/c1-3-17-8-14-20(15-9-17)33-26(32)18-10-12-19(13-11-18)28-23-22(27)24(30)29(25(23)31)21-7-5-4-6-16(21)2/h4-15,28H,3H2,1-2H3. The molecule has 0 radical (unpaired) electrons. The van der Waals surface area contributed by atoms with Crippen molar-refractivity contribution >= 4 is 40.8 Å². The number of imide groups is 1. The van der Waals surface area contributed by atoms with Crippen LogP contribution in [0, 0.1) is 6.92 Å². The summed E-state index contributed by atoms with van der Waals surface area (Å²) in [5, 5.41) is 2.71. The lowest BCUT2D eigenvalue weighted by Gasteiger charge is -2.17. The highest BCUT2D eigenvalue weighted by Gasteiger charge is 2.39. The molecule has 3 aromatic rings. The van der Waals surface area contributed by atoms with E-state index >= 15 is 0 Å². The Morgan fingerprint density at radius 2 is 1.61 bits per heavy atom. The summed E-state index contributed by atoms with van der Waals surface area (Å²) in [7, 11) is 0. The lowest BCUT2D eigenvalue weighted by molar-refractivity contribution is -0.120. The zero-order chi connectivity index (χ0) is 23.5. The Hall–Kier alpha value is -3.90. The third-order valence-electron chi connectivity index (χ3n) is 5.32. The molecule has 33 heavy (non-hydrogen) atoms. The third kappa shape index (κ3) is 4.52. The van der Waals surface area contributed by atoms with Gasteiger partial charge in [0.1, 0.15) is 16.5 Å². The molecule has 0 bridgehead atoms. The van der Waals surface area contributed by atoms with E-state index in [1.165, 1.54) is 0 Å². The lowest BCUT2D eigenvalue weighted by Crippen LogP contribution is -2.32. The predicted octanol–water partition coefficient (Wildman–Crippen LogP) is 5.21. The minimum atomic E-state index is -0.590. The van der Waals surface area contributed by atoms with Gasteiger partial charge < -0.3 is 10.1 Å². The number of ether oxygens (including phenoxy) is 1. The summed E-state index contributed by atoms with van der Waals surface area (Å²) in [5.74, 6) is -1.17. The minimum absolute atomic E-state index is 0.0174. The molecule has 6 nitrogen and oxygen atoms in total. The molecule has 166 valence electrons. The molecule has 0 unspecified atom stereocenters. The highest BCUT2D eigenvalue weighted by molar-refractivity contribution is 6.53. The van der Waals surface area contributed by atoms with Crippen molar-refractivity contribution in [2.24, 2.45) is 0 Å². The lowest BCUT2D eigenvalue weighted by atomic mass is 10.1. The van der Waals surface area contributed by atoms with E-state index in [1.54, 1.807) is 48.5 Å². The average molecular weight is 461 g/mol. The second-order valence-corrected chi connectivity index (χ2v) is 7.89. The first-order valence-corrected chi connectivity index (χ1v) is 10.8. The molecule has 0 saturated carbocycles. The van der Waals surface area contributed by atoms with Crippen molar-refractivity contribution in [2.75, 3.05) is 10.2 Å². The highest BCUT2D eigenvalue weighted by Crippen LogP contribution is 2.31. The fourth-order valence-electron chi connectivity index (χ4n) is 3.44. The number of nitrogens with zero attached hydrogens (tertiary/aromatic N) is 1. The monoisotopic (exact) mass is 460 g/mol. The van der Waals surface area contributed by atoms with Crippen molar-refractivity contribution in [1.29, 1.82) is 0 Å². The number of nitrogens with one attached hydrogen (secondary N) is 1. The van der Waals surface area contributed by atoms with Crippen molar-refractivity contribution < 1.29 is 19.1 Å². The SMILES string of the molecule is CCc1ccc(OC(=O)c2ccc(NC3=C(Cl)C(=O)N(c4ccccc4C)C3=O)cc2)cc1. The first-order chi connectivity index (χ1) is 15.9. The summed E-state index contributed by atoms with van der Waals surface area (Å²) in [6.07, 6.45) is 0.903. The Bertz CT molecular complexity index is 1260. The van der Waals surface area contributed by atoms with Crippen molar-refractivity contribution in [1.82, 2.24) is 0 Å². The molecule has 0 aromatic heterocycles. The fraction of sp³-hybridized carbons (Fsp3) is 0.115. The van der Waals surface area contributed by atoms with Crippen LogP contribution >= 0.6 is 11.6 Å². The molecule has 0 spiro atoms. The summed E-state index contributed by atoms with van der Waals surface area (Å²) in [5.41, 5.74) is 3.23. The predicted molar refractivity (Wildman–Crippen MR) is 127 cm³/mol. The Morgan fingerprint density at radius 1 is 0.939 bits per heavy atom. The molecule has 4 rings (SSSR count). The summed E-state index contributed by atoms with van der Waals surface area (Å²) in [6, 6.07) is 20.8. The van der Waals surface area contributed by atoms with Crippen LogP contribution in [0.1, 0.15) is 28.4 Å². The largest absolute Gasteiger partial charge is 0.423 e. The maximum atomic E-state index is 12.9. The molecule has 0 atom stereocenters. The van der Waals surface area contributed by atoms with E-state index in [9.17, 15) is 14.4 Å². The van der Waals surface area contributed by atoms with E-state index in [0.29, 0.717) is 22.7 Å². The van der Waals surface area contributed by atoms with Gasteiger partial charge in [0.25, 0.3) is 11.8 Å². The second-order valence-electron chi connectivity index (χ2n) is 7.51. The van der Waals surface area contributed by atoms with E-state index in [4.69, 9.17) is 16.3 Å². The molecule has 0 saturated heterocycles. The average Bonchev–Trinajstić information content (AvgIpc) is 3.03. The van der Waals surface area contributed by atoms with Crippen molar-refractivity contribution in [2.45, 2.75) is 20.3 Å². The normalized spacial score (nSPS) is 13.5. The van der Waals surface area contributed by atoms with Crippen molar-refractivity contribution in [3.8, 4) is 5.75 Å². The van der Waals surface area contributed by atoms with E-state index in [-0.39, 0.29) is 10.7 Å². The van der Waals surface area contributed by atoms with Crippen molar-refractivity contribution in [3.05, 3.63) is 100 Å². The Kier molecular flexibility index (Phi) is 6.29. The number of amides is 2. The van der Waals surface area contributed by atoms with Gasteiger partial charge >= 0.3 is 5.97 Å². The molecule has 2 amide bonds. The van der Waals surface area contributed by atoms with Gasteiger partial charge in [0.05, 0.1) is 11.3 Å². The molecule has 1 heterocycles. The van der Waals surface area contributed by atoms with Crippen LogP contribution in [0.2, 0.25) is 0 Å². The van der Waals surface area contributed by atoms with Crippen LogP contribution in [-0.2, 0) is 16.0 Å². The summed E-state index contributed by atoms with van der Waals surface area (Å²) < 4.78 is 5.40. The van der Waals surface area contributed by atoms with Gasteiger partial charge in [0, 0.05) is 5.69 Å². The molecular formula is C26H21ClN2O4. The molecule has 1 N–H and O–H groups in total. The van der Waals surface area contributed by atoms with Gasteiger partial charge in [-0.3, -0.25) is 9.59 Å². The van der Waals surface area contributed by atoms with Crippen LogP contribution in [0.25, 0.3) is 0 Å². The van der Waals surface area contributed by atoms with E-state index in [1.807, 2.05) is 31.2 Å². The summed E-state index contributed by atoms with van der Waals surface area (Å²) in [6.45, 7) is 3.86. The number of aryl methyl sites for hydroxylation is 2. The van der Waals surface area contributed by atoms with Gasteiger partial charge in [-0.05, 0) is 66.9 Å². The number of benzene rings is 3. The first kappa shape index (κ1) is 22.3. The van der Waals surface area contributed by atoms with Gasteiger partial charge in [0.15, 0.2) is 0 Å². The number of esters is 1.